The van der Waals surface area contributed by atoms with E-state index < -0.39 is 0 Å². The van der Waals surface area contributed by atoms with Crippen LogP contribution < -0.4 is 11.1 Å². The molecule has 0 aliphatic rings. The molecule has 0 fully saturated rings. The number of amidine groups is 1. The second-order valence-corrected chi connectivity index (χ2v) is 4.29. The van der Waals surface area contributed by atoms with Gasteiger partial charge in [-0.15, -0.1) is 0 Å². The minimum Gasteiger partial charge on any atom is -0.409 e. The minimum atomic E-state index is -0.150. The molecule has 1 atom stereocenters. The Kier molecular flexibility index (Phi) is 5.17. The maximum absolute atomic E-state index is 11.9. The Bertz CT molecular complexity index is 444. The molecule has 18 heavy (non-hydrogen) atoms. The van der Waals surface area contributed by atoms with Crippen LogP contribution in [0, 0.1) is 5.92 Å². The van der Waals surface area contributed by atoms with Gasteiger partial charge in [-0.2, -0.15) is 0 Å². The van der Waals surface area contributed by atoms with Crippen molar-refractivity contribution in [2.75, 3.05) is 6.54 Å². The number of nitrogens with zero attached hydrogens (tertiary/aromatic N) is 1. The van der Waals surface area contributed by atoms with Gasteiger partial charge in [-0.25, -0.2) is 0 Å². The number of hydrogen-bond donors (Lipinski definition) is 3. The lowest BCUT2D eigenvalue weighted by Gasteiger charge is -2.10. The van der Waals surface area contributed by atoms with Crippen LogP contribution in [0.5, 0.6) is 0 Å². The number of nitrogens with one attached hydrogen (secondary N) is 1. The molecular weight excluding hydrogens is 230 g/mol. The van der Waals surface area contributed by atoms with E-state index in [0.717, 1.165) is 6.42 Å². The van der Waals surface area contributed by atoms with Gasteiger partial charge in [0.1, 0.15) is 0 Å². The van der Waals surface area contributed by atoms with E-state index in [0.29, 0.717) is 23.6 Å². The van der Waals surface area contributed by atoms with E-state index in [1.807, 2.05) is 0 Å². The van der Waals surface area contributed by atoms with Crippen molar-refractivity contribution in [3.63, 3.8) is 0 Å². The molecule has 0 spiro atoms. The lowest BCUT2D eigenvalue weighted by atomic mass is 10.1. The highest BCUT2D eigenvalue weighted by Crippen LogP contribution is 2.06. The Labute approximate surface area is 107 Å². The number of carbonyl (C=O) groups excluding carboxylic acids is 1. The number of rotatable bonds is 5. The molecular formula is C13H19N3O2. The summed E-state index contributed by atoms with van der Waals surface area (Å²) < 4.78 is 0. The first-order valence-electron chi connectivity index (χ1n) is 5.94. The Balaban J connectivity index is 2.74. The van der Waals surface area contributed by atoms with Crippen molar-refractivity contribution in [2.24, 2.45) is 16.8 Å². The van der Waals surface area contributed by atoms with Crippen LogP contribution in [0.3, 0.4) is 0 Å². The maximum Gasteiger partial charge on any atom is 0.251 e. The summed E-state index contributed by atoms with van der Waals surface area (Å²) in [6, 6.07) is 6.67. The number of hydrogen-bond acceptors (Lipinski definition) is 3. The molecule has 4 N–H and O–H groups in total. The molecule has 1 unspecified atom stereocenters. The first-order valence-corrected chi connectivity index (χ1v) is 5.94. The van der Waals surface area contributed by atoms with Gasteiger partial charge in [0, 0.05) is 17.7 Å². The highest BCUT2D eigenvalue weighted by atomic mass is 16.4. The predicted octanol–water partition coefficient (Wildman–Crippen LogP) is 1.56. The highest BCUT2D eigenvalue weighted by molar-refractivity contribution is 6.01. The summed E-state index contributed by atoms with van der Waals surface area (Å²) in [5, 5.41) is 14.3. The summed E-state index contributed by atoms with van der Waals surface area (Å²) in [5.74, 6) is 0.288. The smallest absolute Gasteiger partial charge is 0.251 e. The lowest BCUT2D eigenvalue weighted by molar-refractivity contribution is 0.0948. The summed E-state index contributed by atoms with van der Waals surface area (Å²) in [4.78, 5) is 11.9. The molecule has 0 aliphatic heterocycles. The van der Waals surface area contributed by atoms with Gasteiger partial charge in [0.05, 0.1) is 0 Å². The first kappa shape index (κ1) is 14.0. The number of nitrogens with two attached hydrogens (primary N) is 1. The number of carbonyl (C=O) groups is 1. The van der Waals surface area contributed by atoms with E-state index in [1.165, 1.54) is 0 Å². The van der Waals surface area contributed by atoms with E-state index in [-0.39, 0.29) is 11.7 Å². The van der Waals surface area contributed by atoms with Gasteiger partial charge >= 0.3 is 0 Å². The highest BCUT2D eigenvalue weighted by Gasteiger charge is 2.08. The zero-order valence-electron chi connectivity index (χ0n) is 10.7. The molecule has 0 saturated carbocycles. The normalized spacial score (nSPS) is 13.1. The molecule has 0 saturated heterocycles. The molecule has 1 aromatic rings. The molecule has 5 heteroatoms. The van der Waals surface area contributed by atoms with Gasteiger partial charge in [-0.3, -0.25) is 4.79 Å². The van der Waals surface area contributed by atoms with Gasteiger partial charge in [0.25, 0.3) is 5.91 Å². The van der Waals surface area contributed by atoms with Crippen LogP contribution in [0.25, 0.3) is 0 Å². The van der Waals surface area contributed by atoms with Crippen LogP contribution in [0.1, 0.15) is 36.2 Å². The Hall–Kier alpha value is -2.04. The lowest BCUT2D eigenvalue weighted by Crippen LogP contribution is -2.28. The number of benzene rings is 1. The summed E-state index contributed by atoms with van der Waals surface area (Å²) in [6.45, 7) is 4.80. The summed E-state index contributed by atoms with van der Waals surface area (Å²) in [6.07, 6.45) is 1.02. The predicted molar refractivity (Wildman–Crippen MR) is 70.7 cm³/mol. The number of amides is 1. The van der Waals surface area contributed by atoms with E-state index in [2.05, 4.69) is 24.3 Å². The fraction of sp³-hybridized carbons (Fsp3) is 0.385. The Morgan fingerprint density at radius 3 is 2.78 bits per heavy atom. The third-order valence-electron chi connectivity index (χ3n) is 2.84. The largest absolute Gasteiger partial charge is 0.409 e. The van der Waals surface area contributed by atoms with E-state index in [4.69, 9.17) is 10.9 Å². The molecule has 0 radical (unpaired) electrons. The molecule has 98 valence electrons. The standard InChI is InChI=1S/C13H19N3O2/c1-3-9(2)8-15-13(17)11-6-4-5-10(7-11)12(14)16-18/h4-7,9,18H,3,8H2,1-2H3,(H2,14,16)(H,15,17). The molecule has 0 aromatic heterocycles. The van der Waals surface area contributed by atoms with Crippen LogP contribution >= 0.6 is 0 Å². The molecule has 1 amide bonds. The number of oxime groups is 1. The van der Waals surface area contributed by atoms with Gasteiger partial charge in [0.15, 0.2) is 5.84 Å². The topological polar surface area (TPSA) is 87.7 Å². The van der Waals surface area contributed by atoms with Crippen molar-refractivity contribution in [2.45, 2.75) is 20.3 Å². The van der Waals surface area contributed by atoms with Crippen molar-refractivity contribution in [3.05, 3.63) is 35.4 Å². The third-order valence-corrected chi connectivity index (χ3v) is 2.84. The Morgan fingerprint density at radius 2 is 2.17 bits per heavy atom. The van der Waals surface area contributed by atoms with Crippen LogP contribution in [0.2, 0.25) is 0 Å². The van der Waals surface area contributed by atoms with E-state index in [9.17, 15) is 4.79 Å². The second kappa shape index (κ2) is 6.64. The van der Waals surface area contributed by atoms with Crippen LogP contribution in [-0.4, -0.2) is 23.5 Å². The molecule has 0 aliphatic carbocycles. The van der Waals surface area contributed by atoms with Crippen molar-refractivity contribution in [1.29, 1.82) is 0 Å². The summed E-state index contributed by atoms with van der Waals surface area (Å²) in [5.41, 5.74) is 6.50. The second-order valence-electron chi connectivity index (χ2n) is 4.29. The zero-order valence-corrected chi connectivity index (χ0v) is 10.7. The average Bonchev–Trinajstić information content (AvgIpc) is 2.43. The van der Waals surface area contributed by atoms with Gasteiger partial charge < -0.3 is 16.3 Å². The van der Waals surface area contributed by atoms with Gasteiger partial charge in [-0.05, 0) is 18.1 Å². The molecule has 5 nitrogen and oxygen atoms in total. The minimum absolute atomic E-state index is 0.00780. The van der Waals surface area contributed by atoms with E-state index >= 15 is 0 Å². The van der Waals surface area contributed by atoms with Crippen LogP contribution in [0.15, 0.2) is 29.4 Å². The molecule has 0 heterocycles. The molecule has 1 rings (SSSR count). The zero-order chi connectivity index (χ0) is 13.5. The summed E-state index contributed by atoms with van der Waals surface area (Å²) >= 11 is 0. The van der Waals surface area contributed by atoms with Crippen LogP contribution in [0.4, 0.5) is 0 Å². The van der Waals surface area contributed by atoms with Crippen LogP contribution in [-0.2, 0) is 0 Å². The maximum atomic E-state index is 11.9. The quantitative estimate of drug-likeness (QED) is 0.320. The van der Waals surface area contributed by atoms with Crippen molar-refractivity contribution in [3.8, 4) is 0 Å². The molecule has 0 bridgehead atoms. The van der Waals surface area contributed by atoms with Crippen molar-refractivity contribution in [1.82, 2.24) is 5.32 Å². The van der Waals surface area contributed by atoms with Gasteiger partial charge in [-0.1, -0.05) is 37.6 Å². The van der Waals surface area contributed by atoms with Gasteiger partial charge in [0.2, 0.25) is 0 Å². The third kappa shape index (κ3) is 3.76. The average molecular weight is 249 g/mol. The van der Waals surface area contributed by atoms with Crippen molar-refractivity contribution >= 4 is 11.7 Å². The fourth-order valence-corrected chi connectivity index (χ4v) is 1.39. The van der Waals surface area contributed by atoms with E-state index in [1.54, 1.807) is 24.3 Å². The Morgan fingerprint density at radius 1 is 1.50 bits per heavy atom. The monoisotopic (exact) mass is 249 g/mol. The van der Waals surface area contributed by atoms with Crippen molar-refractivity contribution < 1.29 is 10.0 Å². The first-order chi connectivity index (χ1) is 8.58. The fourth-order valence-electron chi connectivity index (χ4n) is 1.39. The summed E-state index contributed by atoms with van der Waals surface area (Å²) in [7, 11) is 0. The SMILES string of the molecule is CCC(C)CNC(=O)c1cccc(/C(N)=N/O)c1. The molecule has 1 aromatic carbocycles.